The number of esters is 1. The molecule has 0 amide bonds. The molecule has 3 rings (SSSR count). The van der Waals surface area contributed by atoms with Gasteiger partial charge in [0.25, 0.3) is 0 Å². The molecule has 0 radical (unpaired) electrons. The first kappa shape index (κ1) is 14.8. The van der Waals surface area contributed by atoms with Crippen LogP contribution in [-0.2, 0) is 14.3 Å². The summed E-state index contributed by atoms with van der Waals surface area (Å²) < 4.78 is 11.4. The highest BCUT2D eigenvalue weighted by atomic mass is 16.5. The first-order valence-corrected chi connectivity index (χ1v) is 8.13. The van der Waals surface area contributed by atoms with E-state index in [1.165, 1.54) is 0 Å². The molecule has 1 heterocycles. The van der Waals surface area contributed by atoms with Gasteiger partial charge < -0.3 is 9.47 Å². The zero-order valence-electron chi connectivity index (χ0n) is 13.2. The lowest BCUT2D eigenvalue weighted by molar-refractivity contribution is -0.164. The summed E-state index contributed by atoms with van der Waals surface area (Å²) in [5.74, 6) is 0.563. The van der Waals surface area contributed by atoms with Gasteiger partial charge in [0.2, 0.25) is 0 Å². The van der Waals surface area contributed by atoms with Crippen molar-refractivity contribution in [1.29, 1.82) is 5.26 Å². The highest BCUT2D eigenvalue weighted by Crippen LogP contribution is 2.63. The number of hydrogen-bond acceptors (Lipinski definition) is 4. The van der Waals surface area contributed by atoms with Crippen molar-refractivity contribution in [1.82, 2.24) is 0 Å². The lowest BCUT2D eigenvalue weighted by Gasteiger charge is -2.39. The SMILES string of the molecule is CCC(C)(C)C(=O)OC1CC2CC1C(C#N)C21CCOC1. The Morgan fingerprint density at radius 1 is 1.48 bits per heavy atom. The molecule has 5 atom stereocenters. The Hall–Kier alpha value is -1.08. The quantitative estimate of drug-likeness (QED) is 0.750. The highest BCUT2D eigenvalue weighted by molar-refractivity contribution is 5.76. The van der Waals surface area contributed by atoms with Gasteiger partial charge in [-0.1, -0.05) is 6.92 Å². The number of rotatable bonds is 3. The van der Waals surface area contributed by atoms with Crippen molar-refractivity contribution in [3.63, 3.8) is 0 Å². The molecule has 3 fully saturated rings. The van der Waals surface area contributed by atoms with Gasteiger partial charge in [-0.25, -0.2) is 0 Å². The smallest absolute Gasteiger partial charge is 0.311 e. The van der Waals surface area contributed by atoms with Crippen LogP contribution in [-0.4, -0.2) is 25.3 Å². The van der Waals surface area contributed by atoms with Crippen molar-refractivity contribution in [2.75, 3.05) is 13.2 Å². The molecular weight excluding hydrogens is 266 g/mol. The normalized spacial score (nSPS) is 41.4. The van der Waals surface area contributed by atoms with Gasteiger partial charge in [-0.05, 0) is 45.4 Å². The fourth-order valence-corrected chi connectivity index (χ4v) is 4.50. The molecule has 4 nitrogen and oxygen atoms in total. The molecule has 0 N–H and O–H groups in total. The zero-order valence-corrected chi connectivity index (χ0v) is 13.2. The summed E-state index contributed by atoms with van der Waals surface area (Å²) in [6.45, 7) is 7.35. The van der Waals surface area contributed by atoms with Crippen LogP contribution in [0.1, 0.15) is 46.5 Å². The third kappa shape index (κ3) is 2.09. The summed E-state index contributed by atoms with van der Waals surface area (Å²) in [5, 5.41) is 9.63. The van der Waals surface area contributed by atoms with Gasteiger partial charge in [-0.2, -0.15) is 5.26 Å². The lowest BCUT2D eigenvalue weighted by Crippen LogP contribution is -2.43. The van der Waals surface area contributed by atoms with E-state index in [1.807, 2.05) is 20.8 Å². The molecule has 2 saturated carbocycles. The Labute approximate surface area is 126 Å². The van der Waals surface area contributed by atoms with Crippen LogP contribution in [0.4, 0.5) is 0 Å². The van der Waals surface area contributed by atoms with Gasteiger partial charge in [0.15, 0.2) is 0 Å². The Bertz CT molecular complexity index is 473. The summed E-state index contributed by atoms with van der Waals surface area (Å²) in [7, 11) is 0. The van der Waals surface area contributed by atoms with E-state index < -0.39 is 5.41 Å². The number of hydrogen-bond donors (Lipinski definition) is 0. The van der Waals surface area contributed by atoms with Crippen molar-refractivity contribution < 1.29 is 14.3 Å². The molecule has 116 valence electrons. The summed E-state index contributed by atoms with van der Waals surface area (Å²) >= 11 is 0. The molecular formula is C17H25NO3. The van der Waals surface area contributed by atoms with Crippen molar-refractivity contribution in [3.05, 3.63) is 0 Å². The summed E-state index contributed by atoms with van der Waals surface area (Å²) in [6, 6.07) is 2.51. The average molecular weight is 291 g/mol. The third-order valence-corrected chi connectivity index (χ3v) is 6.33. The number of nitriles is 1. The second-order valence-electron chi connectivity index (χ2n) is 7.66. The van der Waals surface area contributed by atoms with E-state index in [0.717, 1.165) is 32.3 Å². The average Bonchev–Trinajstić information content (AvgIpc) is 3.15. The van der Waals surface area contributed by atoms with Gasteiger partial charge in [-0.3, -0.25) is 4.79 Å². The van der Waals surface area contributed by atoms with E-state index in [0.29, 0.717) is 12.5 Å². The minimum atomic E-state index is -0.432. The van der Waals surface area contributed by atoms with E-state index >= 15 is 0 Å². The van der Waals surface area contributed by atoms with Crippen LogP contribution in [0, 0.1) is 39.9 Å². The number of ether oxygens (including phenoxy) is 2. The summed E-state index contributed by atoms with van der Waals surface area (Å²) in [4.78, 5) is 12.3. The molecule has 1 saturated heterocycles. The van der Waals surface area contributed by atoms with Gasteiger partial charge >= 0.3 is 5.97 Å². The molecule has 0 aromatic carbocycles. The molecule has 21 heavy (non-hydrogen) atoms. The first-order valence-electron chi connectivity index (χ1n) is 8.13. The van der Waals surface area contributed by atoms with E-state index in [1.54, 1.807) is 0 Å². The minimum Gasteiger partial charge on any atom is -0.462 e. The second-order valence-corrected chi connectivity index (χ2v) is 7.66. The predicted molar refractivity (Wildman–Crippen MR) is 77.1 cm³/mol. The molecule has 0 aromatic heterocycles. The minimum absolute atomic E-state index is 0.0127. The van der Waals surface area contributed by atoms with E-state index in [9.17, 15) is 10.1 Å². The van der Waals surface area contributed by atoms with Crippen molar-refractivity contribution in [2.24, 2.45) is 28.6 Å². The molecule has 0 aromatic rings. The topological polar surface area (TPSA) is 59.3 Å². The maximum Gasteiger partial charge on any atom is 0.311 e. The van der Waals surface area contributed by atoms with Crippen LogP contribution < -0.4 is 0 Å². The lowest BCUT2D eigenvalue weighted by atomic mass is 9.65. The Kier molecular flexibility index (Phi) is 3.52. The van der Waals surface area contributed by atoms with Crippen LogP contribution in [0.5, 0.6) is 0 Å². The maximum absolute atomic E-state index is 12.3. The monoisotopic (exact) mass is 291 g/mol. The Morgan fingerprint density at radius 3 is 2.81 bits per heavy atom. The van der Waals surface area contributed by atoms with Crippen molar-refractivity contribution in [3.8, 4) is 6.07 Å². The number of fused-ring (bicyclic) bond motifs is 3. The van der Waals surface area contributed by atoms with Gasteiger partial charge in [0.05, 0.1) is 24.0 Å². The molecule has 5 unspecified atom stereocenters. The third-order valence-electron chi connectivity index (χ3n) is 6.33. The van der Waals surface area contributed by atoms with Crippen molar-refractivity contribution in [2.45, 2.75) is 52.6 Å². The zero-order chi connectivity index (χ0) is 15.3. The number of carbonyl (C=O) groups is 1. The fraction of sp³-hybridized carbons (Fsp3) is 0.882. The number of carbonyl (C=O) groups excluding carboxylic acids is 1. The molecule has 2 aliphatic carbocycles. The largest absolute Gasteiger partial charge is 0.462 e. The van der Waals surface area contributed by atoms with Gasteiger partial charge in [0, 0.05) is 17.9 Å². The molecule has 1 spiro atoms. The van der Waals surface area contributed by atoms with Gasteiger partial charge in [-0.15, -0.1) is 0 Å². The molecule has 1 aliphatic heterocycles. The van der Waals surface area contributed by atoms with Crippen LogP contribution in [0.15, 0.2) is 0 Å². The van der Waals surface area contributed by atoms with E-state index in [4.69, 9.17) is 9.47 Å². The standard InChI is InChI=1S/C17H25NO3/c1-4-16(2,3)15(19)21-14-8-11-7-12(14)13(9-18)17(11)5-6-20-10-17/h11-14H,4-8,10H2,1-3H3. The molecule has 2 bridgehead atoms. The fourth-order valence-electron chi connectivity index (χ4n) is 4.50. The van der Waals surface area contributed by atoms with Crippen LogP contribution in [0.25, 0.3) is 0 Å². The van der Waals surface area contributed by atoms with Crippen LogP contribution >= 0.6 is 0 Å². The van der Waals surface area contributed by atoms with Crippen molar-refractivity contribution >= 4 is 5.97 Å². The highest BCUT2D eigenvalue weighted by Gasteiger charge is 2.64. The molecule has 3 aliphatic rings. The first-order chi connectivity index (χ1) is 9.94. The van der Waals surface area contributed by atoms with Gasteiger partial charge in [0.1, 0.15) is 6.10 Å². The Morgan fingerprint density at radius 2 is 2.24 bits per heavy atom. The van der Waals surface area contributed by atoms with Crippen LogP contribution in [0.3, 0.4) is 0 Å². The second kappa shape index (κ2) is 4.98. The maximum atomic E-state index is 12.3. The Balaban J connectivity index is 1.73. The summed E-state index contributed by atoms with van der Waals surface area (Å²) in [5.41, 5.74) is -0.388. The number of nitrogens with zero attached hydrogens (tertiary/aromatic N) is 1. The van der Waals surface area contributed by atoms with E-state index in [-0.39, 0.29) is 29.3 Å². The predicted octanol–water partition coefficient (Wildman–Crippen LogP) is 2.92. The van der Waals surface area contributed by atoms with E-state index in [2.05, 4.69) is 6.07 Å². The van der Waals surface area contributed by atoms with Crippen LogP contribution in [0.2, 0.25) is 0 Å². The summed E-state index contributed by atoms with van der Waals surface area (Å²) in [6.07, 6.45) is 3.63. The molecule has 4 heteroatoms.